The van der Waals surface area contributed by atoms with Crippen LogP contribution in [0.1, 0.15) is 12.8 Å². The fourth-order valence-corrected chi connectivity index (χ4v) is 0.703. The van der Waals surface area contributed by atoms with E-state index in [1.807, 2.05) is 0 Å². The Labute approximate surface area is 63.6 Å². The number of aromatic nitrogens is 3. The minimum absolute atomic E-state index is 0.167. The molecule has 59 valence electrons. The molecule has 0 atom stereocenters. The number of nitrogens with zero attached hydrogens (tertiary/aromatic N) is 3. The third kappa shape index (κ3) is 2.79. The maximum atomic E-state index is 10.1. The number of hydrogen-bond acceptors (Lipinski definition) is 3. The topological polar surface area (TPSA) is 68.0 Å². The van der Waals surface area contributed by atoms with E-state index in [0.29, 0.717) is 13.0 Å². The first-order valence-electron chi connectivity index (χ1n) is 3.27. The summed E-state index contributed by atoms with van der Waals surface area (Å²) in [5.41, 5.74) is 0. The first kappa shape index (κ1) is 7.71. The van der Waals surface area contributed by atoms with Gasteiger partial charge < -0.3 is 5.11 Å². The van der Waals surface area contributed by atoms with Crippen LogP contribution in [0.2, 0.25) is 0 Å². The van der Waals surface area contributed by atoms with Gasteiger partial charge in [-0.05, 0) is 6.42 Å². The molecular weight excluding hydrogens is 146 g/mol. The summed E-state index contributed by atoms with van der Waals surface area (Å²) in [6.07, 6.45) is 4.85. The van der Waals surface area contributed by atoms with Crippen LogP contribution < -0.4 is 0 Å². The van der Waals surface area contributed by atoms with Gasteiger partial charge in [-0.2, -0.15) is 0 Å². The molecule has 1 radical (unpaired) electrons. The molecular formula is C6H8N3O2. The monoisotopic (exact) mass is 154 g/mol. The zero-order valence-electron chi connectivity index (χ0n) is 5.90. The molecule has 1 aromatic rings. The molecule has 0 amide bonds. The van der Waals surface area contributed by atoms with Crippen LogP contribution in [-0.4, -0.2) is 26.1 Å². The van der Waals surface area contributed by atoms with Gasteiger partial charge in [-0.3, -0.25) is 9.48 Å². The van der Waals surface area contributed by atoms with E-state index in [1.54, 1.807) is 10.9 Å². The Morgan fingerprint density at radius 1 is 1.73 bits per heavy atom. The van der Waals surface area contributed by atoms with Crippen molar-refractivity contribution in [2.24, 2.45) is 0 Å². The van der Waals surface area contributed by atoms with E-state index in [-0.39, 0.29) is 6.42 Å². The number of carboxylic acid groups (broad SMARTS) is 1. The Bertz CT molecular complexity index is 220. The van der Waals surface area contributed by atoms with Gasteiger partial charge in [0.05, 0.1) is 6.20 Å². The van der Waals surface area contributed by atoms with Crippen LogP contribution in [0.5, 0.6) is 0 Å². The van der Waals surface area contributed by atoms with Crippen LogP contribution in [0.4, 0.5) is 0 Å². The second-order valence-corrected chi connectivity index (χ2v) is 2.11. The minimum atomic E-state index is -0.783. The zero-order valence-corrected chi connectivity index (χ0v) is 5.90. The van der Waals surface area contributed by atoms with Gasteiger partial charge in [0, 0.05) is 13.0 Å². The Balaban J connectivity index is 2.19. The van der Waals surface area contributed by atoms with Crippen LogP contribution in [-0.2, 0) is 11.3 Å². The minimum Gasteiger partial charge on any atom is -0.481 e. The molecule has 1 heterocycles. The first-order valence-corrected chi connectivity index (χ1v) is 3.27. The molecule has 0 spiro atoms. The van der Waals surface area contributed by atoms with Crippen molar-refractivity contribution in [1.29, 1.82) is 0 Å². The van der Waals surface area contributed by atoms with Gasteiger partial charge in [0.1, 0.15) is 6.20 Å². The van der Waals surface area contributed by atoms with Crippen molar-refractivity contribution in [3.05, 3.63) is 12.4 Å². The molecule has 0 fully saturated rings. The number of carboxylic acids is 1. The molecule has 5 heteroatoms. The lowest BCUT2D eigenvalue weighted by atomic mass is 10.3. The molecule has 0 aliphatic rings. The van der Waals surface area contributed by atoms with Crippen molar-refractivity contribution in [3.8, 4) is 0 Å². The fourth-order valence-electron chi connectivity index (χ4n) is 0.703. The molecule has 5 nitrogen and oxygen atoms in total. The Hall–Kier alpha value is -1.39. The number of aryl methyl sites for hydroxylation is 1. The van der Waals surface area contributed by atoms with E-state index in [0.717, 1.165) is 0 Å². The second-order valence-electron chi connectivity index (χ2n) is 2.11. The average molecular weight is 154 g/mol. The summed E-state index contributed by atoms with van der Waals surface area (Å²) in [5.74, 6) is -0.783. The molecule has 0 aliphatic carbocycles. The lowest BCUT2D eigenvalue weighted by molar-refractivity contribution is -0.137. The SMILES string of the molecule is O=C(O)CCCn1c[c]nn1. The highest BCUT2D eigenvalue weighted by atomic mass is 16.4. The number of carbonyl (C=O) groups is 1. The third-order valence-corrected chi connectivity index (χ3v) is 1.20. The van der Waals surface area contributed by atoms with E-state index in [2.05, 4.69) is 16.5 Å². The predicted molar refractivity (Wildman–Crippen MR) is 35.7 cm³/mol. The summed E-state index contributed by atoms with van der Waals surface area (Å²) in [7, 11) is 0. The lowest BCUT2D eigenvalue weighted by Gasteiger charge is -1.95. The van der Waals surface area contributed by atoms with Crippen molar-refractivity contribution in [2.75, 3.05) is 0 Å². The first-order chi connectivity index (χ1) is 5.29. The van der Waals surface area contributed by atoms with Crippen LogP contribution in [0.15, 0.2) is 6.20 Å². The standard InChI is InChI=1S/C6H8N3O2/c10-6(11)2-1-4-9-5-3-7-8-9/h5H,1-2,4H2,(H,10,11). The molecule has 1 rings (SSSR count). The number of hydrogen-bond donors (Lipinski definition) is 1. The molecule has 0 aromatic carbocycles. The molecule has 0 saturated carbocycles. The molecule has 0 bridgehead atoms. The van der Waals surface area contributed by atoms with Gasteiger partial charge in [0.25, 0.3) is 0 Å². The Kier molecular flexibility index (Phi) is 2.59. The lowest BCUT2D eigenvalue weighted by Crippen LogP contribution is -2.02. The molecule has 11 heavy (non-hydrogen) atoms. The summed E-state index contributed by atoms with van der Waals surface area (Å²) in [6, 6.07) is 0. The largest absolute Gasteiger partial charge is 0.481 e. The summed E-state index contributed by atoms with van der Waals surface area (Å²) < 4.78 is 1.56. The summed E-state index contributed by atoms with van der Waals surface area (Å²) in [4.78, 5) is 10.1. The van der Waals surface area contributed by atoms with Crippen molar-refractivity contribution in [1.82, 2.24) is 15.0 Å². The summed E-state index contributed by atoms with van der Waals surface area (Å²) in [5, 5.41) is 15.4. The van der Waals surface area contributed by atoms with Crippen molar-refractivity contribution < 1.29 is 9.90 Å². The van der Waals surface area contributed by atoms with Crippen LogP contribution >= 0.6 is 0 Å². The fraction of sp³-hybridized carbons (Fsp3) is 0.500. The number of rotatable bonds is 4. The van der Waals surface area contributed by atoms with E-state index in [9.17, 15) is 4.79 Å². The van der Waals surface area contributed by atoms with Crippen LogP contribution in [0.25, 0.3) is 0 Å². The smallest absolute Gasteiger partial charge is 0.303 e. The third-order valence-electron chi connectivity index (χ3n) is 1.20. The molecule has 0 unspecified atom stereocenters. The van der Waals surface area contributed by atoms with Crippen molar-refractivity contribution in [2.45, 2.75) is 19.4 Å². The van der Waals surface area contributed by atoms with Gasteiger partial charge in [-0.15, -0.1) is 5.10 Å². The Morgan fingerprint density at radius 2 is 2.55 bits per heavy atom. The van der Waals surface area contributed by atoms with Gasteiger partial charge in [-0.1, -0.05) is 5.21 Å². The van der Waals surface area contributed by atoms with E-state index in [4.69, 9.17) is 5.11 Å². The predicted octanol–water partition coefficient (Wildman–Crippen LogP) is -0.0569. The van der Waals surface area contributed by atoms with E-state index in [1.165, 1.54) is 0 Å². The maximum absolute atomic E-state index is 10.1. The molecule has 0 saturated heterocycles. The quantitative estimate of drug-likeness (QED) is 0.659. The normalized spacial score (nSPS) is 9.82. The van der Waals surface area contributed by atoms with Gasteiger partial charge in [0.2, 0.25) is 0 Å². The highest BCUT2D eigenvalue weighted by molar-refractivity contribution is 5.66. The van der Waals surface area contributed by atoms with Gasteiger partial charge >= 0.3 is 5.97 Å². The van der Waals surface area contributed by atoms with Gasteiger partial charge in [0.15, 0.2) is 0 Å². The average Bonchev–Trinajstić information content (AvgIpc) is 2.39. The van der Waals surface area contributed by atoms with Crippen LogP contribution in [0, 0.1) is 6.20 Å². The Morgan fingerprint density at radius 3 is 3.09 bits per heavy atom. The summed E-state index contributed by atoms with van der Waals surface area (Å²) >= 11 is 0. The zero-order chi connectivity index (χ0) is 8.10. The van der Waals surface area contributed by atoms with Crippen molar-refractivity contribution >= 4 is 5.97 Å². The summed E-state index contributed by atoms with van der Waals surface area (Å²) in [6.45, 7) is 0.586. The highest BCUT2D eigenvalue weighted by Crippen LogP contribution is 1.91. The van der Waals surface area contributed by atoms with Gasteiger partial charge in [-0.25, -0.2) is 0 Å². The number of aliphatic carboxylic acids is 1. The van der Waals surface area contributed by atoms with E-state index >= 15 is 0 Å². The highest BCUT2D eigenvalue weighted by Gasteiger charge is 1.96. The van der Waals surface area contributed by atoms with Crippen molar-refractivity contribution in [3.63, 3.8) is 0 Å². The van der Waals surface area contributed by atoms with E-state index < -0.39 is 5.97 Å². The molecule has 0 aliphatic heterocycles. The maximum Gasteiger partial charge on any atom is 0.303 e. The van der Waals surface area contributed by atoms with Crippen LogP contribution in [0.3, 0.4) is 0 Å². The molecule has 1 aromatic heterocycles. The molecule has 1 N–H and O–H groups in total. The second kappa shape index (κ2) is 3.70.